The molecule has 9 heavy (non-hydrogen) atoms. The van der Waals surface area contributed by atoms with Crippen molar-refractivity contribution in [3.8, 4) is 0 Å². The molecule has 1 aliphatic rings. The number of aliphatic hydroxyl groups is 1. The van der Waals surface area contributed by atoms with E-state index in [9.17, 15) is 4.79 Å². The largest absolute Gasteiger partial charge is 0.397 e. The first-order valence-corrected chi connectivity index (χ1v) is 3.33. The molecule has 1 saturated carbocycles. The maximum Gasteiger partial charge on any atom is 0.132 e. The van der Waals surface area contributed by atoms with Crippen LogP contribution in [0.4, 0.5) is 0 Å². The first-order valence-electron chi connectivity index (χ1n) is 3.33. The van der Waals surface area contributed by atoms with Crippen molar-refractivity contribution < 1.29 is 9.90 Å². The van der Waals surface area contributed by atoms with Crippen LogP contribution in [-0.4, -0.2) is 17.5 Å². The Hall–Kier alpha value is -0.370. The van der Waals surface area contributed by atoms with Crippen molar-refractivity contribution in [1.82, 2.24) is 0 Å². The van der Waals surface area contributed by atoms with Crippen LogP contribution in [0.1, 0.15) is 26.7 Å². The molecule has 0 aliphatic heterocycles. The highest BCUT2D eigenvalue weighted by molar-refractivity contribution is 5.80. The Bertz CT molecular complexity index is 84.9. The Morgan fingerprint density at radius 1 is 1.67 bits per heavy atom. The predicted octanol–water partition coefficient (Wildman–Crippen LogP) is 0.984. The molecule has 0 amide bonds. The number of aliphatic hydroxyl groups excluding tert-OH is 1. The second kappa shape index (κ2) is 4.50. The summed E-state index contributed by atoms with van der Waals surface area (Å²) in [5, 5.41) is 7.57. The van der Waals surface area contributed by atoms with Crippen LogP contribution in [0, 0.1) is 5.92 Å². The molecule has 1 rings (SSSR count). The van der Waals surface area contributed by atoms with Gasteiger partial charge in [0, 0.05) is 12.5 Å². The van der Waals surface area contributed by atoms with Gasteiger partial charge in [-0.25, -0.2) is 0 Å². The van der Waals surface area contributed by atoms with E-state index in [0.29, 0.717) is 11.7 Å². The lowest BCUT2D eigenvalue weighted by Crippen LogP contribution is -1.88. The fourth-order valence-corrected chi connectivity index (χ4v) is 0.490. The van der Waals surface area contributed by atoms with E-state index in [2.05, 4.69) is 0 Å². The SMILES string of the molecule is CC(=O)C1CC1.CCO. The standard InChI is InChI=1S/C5H8O.C2H6O/c1-4(6)5-2-3-5;1-2-3/h5H,2-3H2,1H3;3H,2H2,1H3. The minimum atomic E-state index is 0.250. The van der Waals surface area contributed by atoms with Gasteiger partial charge in [-0.2, -0.15) is 0 Å². The third-order valence-corrected chi connectivity index (χ3v) is 1.15. The van der Waals surface area contributed by atoms with Gasteiger partial charge in [0.15, 0.2) is 0 Å². The zero-order chi connectivity index (χ0) is 7.28. The number of carbonyl (C=O) groups excluding carboxylic acids is 1. The molecule has 0 aromatic heterocycles. The number of ketones is 1. The van der Waals surface area contributed by atoms with Crippen molar-refractivity contribution in [3.63, 3.8) is 0 Å². The highest BCUT2D eigenvalue weighted by Gasteiger charge is 2.25. The molecule has 1 fully saturated rings. The van der Waals surface area contributed by atoms with Crippen LogP contribution in [-0.2, 0) is 4.79 Å². The highest BCUT2D eigenvalue weighted by atomic mass is 16.2. The summed E-state index contributed by atoms with van der Waals surface area (Å²) in [5.74, 6) is 0.833. The minimum absolute atomic E-state index is 0.250. The normalized spacial score (nSPS) is 15.9. The van der Waals surface area contributed by atoms with Gasteiger partial charge in [0.05, 0.1) is 0 Å². The summed E-state index contributed by atoms with van der Waals surface area (Å²) in [6.45, 7) is 3.59. The third-order valence-electron chi connectivity index (χ3n) is 1.15. The lowest BCUT2D eigenvalue weighted by molar-refractivity contribution is -0.118. The Kier molecular flexibility index (Phi) is 4.32. The van der Waals surface area contributed by atoms with E-state index in [-0.39, 0.29) is 6.61 Å². The summed E-state index contributed by atoms with van der Waals surface area (Å²) in [7, 11) is 0. The molecule has 2 heteroatoms. The van der Waals surface area contributed by atoms with Crippen molar-refractivity contribution in [2.75, 3.05) is 6.61 Å². The Labute approximate surface area is 55.9 Å². The average Bonchev–Trinajstić information content (AvgIpc) is 2.44. The molecular formula is C7H14O2. The number of rotatable bonds is 1. The maximum atomic E-state index is 10.2. The first kappa shape index (κ1) is 8.63. The molecule has 0 unspecified atom stereocenters. The van der Waals surface area contributed by atoms with E-state index in [4.69, 9.17) is 5.11 Å². The molecule has 1 N–H and O–H groups in total. The Morgan fingerprint density at radius 2 is 2.00 bits per heavy atom. The smallest absolute Gasteiger partial charge is 0.132 e. The van der Waals surface area contributed by atoms with Gasteiger partial charge in [-0.15, -0.1) is 0 Å². The number of hydrogen-bond donors (Lipinski definition) is 1. The zero-order valence-electron chi connectivity index (χ0n) is 6.05. The Balaban J connectivity index is 0.000000187. The van der Waals surface area contributed by atoms with Gasteiger partial charge in [-0.05, 0) is 26.7 Å². The van der Waals surface area contributed by atoms with Crippen LogP contribution >= 0.6 is 0 Å². The molecule has 0 radical (unpaired) electrons. The molecule has 2 nitrogen and oxygen atoms in total. The topological polar surface area (TPSA) is 37.3 Å². The van der Waals surface area contributed by atoms with E-state index < -0.39 is 0 Å². The minimum Gasteiger partial charge on any atom is -0.397 e. The van der Waals surface area contributed by atoms with Gasteiger partial charge in [0.1, 0.15) is 5.78 Å². The van der Waals surface area contributed by atoms with Crippen LogP contribution in [0.2, 0.25) is 0 Å². The van der Waals surface area contributed by atoms with Gasteiger partial charge < -0.3 is 5.11 Å². The summed E-state index contributed by atoms with van der Waals surface area (Å²) in [5.41, 5.74) is 0. The maximum absolute atomic E-state index is 10.2. The second-order valence-corrected chi connectivity index (χ2v) is 2.20. The second-order valence-electron chi connectivity index (χ2n) is 2.20. The highest BCUT2D eigenvalue weighted by Crippen LogP contribution is 2.29. The van der Waals surface area contributed by atoms with Gasteiger partial charge >= 0.3 is 0 Å². The van der Waals surface area contributed by atoms with Crippen LogP contribution in [0.25, 0.3) is 0 Å². The number of Topliss-reactive ketones (excluding diaryl/α,β-unsaturated/α-hetero) is 1. The summed E-state index contributed by atoms with van der Waals surface area (Å²) in [4.78, 5) is 10.2. The van der Waals surface area contributed by atoms with Gasteiger partial charge in [0.25, 0.3) is 0 Å². The average molecular weight is 130 g/mol. The number of carbonyl (C=O) groups is 1. The Morgan fingerprint density at radius 3 is 2.00 bits per heavy atom. The van der Waals surface area contributed by atoms with E-state index in [1.54, 1.807) is 13.8 Å². The monoisotopic (exact) mass is 130 g/mol. The van der Waals surface area contributed by atoms with Crippen molar-refractivity contribution >= 4 is 5.78 Å². The molecule has 0 heterocycles. The summed E-state index contributed by atoms with van der Waals surface area (Å²) < 4.78 is 0. The summed E-state index contributed by atoms with van der Waals surface area (Å²) in [6, 6.07) is 0. The van der Waals surface area contributed by atoms with E-state index in [0.717, 1.165) is 12.8 Å². The number of hydrogen-bond acceptors (Lipinski definition) is 2. The summed E-state index contributed by atoms with van der Waals surface area (Å²) >= 11 is 0. The van der Waals surface area contributed by atoms with Gasteiger partial charge in [0.2, 0.25) is 0 Å². The molecule has 0 aromatic carbocycles. The predicted molar refractivity (Wildman–Crippen MR) is 36.2 cm³/mol. The van der Waals surface area contributed by atoms with E-state index in [1.165, 1.54) is 0 Å². The fourth-order valence-electron chi connectivity index (χ4n) is 0.490. The van der Waals surface area contributed by atoms with Gasteiger partial charge in [-0.1, -0.05) is 0 Å². The molecular weight excluding hydrogens is 116 g/mol. The van der Waals surface area contributed by atoms with Gasteiger partial charge in [-0.3, -0.25) is 4.79 Å². The molecule has 0 spiro atoms. The quantitative estimate of drug-likeness (QED) is 0.574. The fraction of sp³-hybridized carbons (Fsp3) is 0.857. The molecule has 0 aromatic rings. The first-order chi connectivity index (χ1) is 4.22. The molecule has 0 atom stereocenters. The van der Waals surface area contributed by atoms with Crippen molar-refractivity contribution in [2.45, 2.75) is 26.7 Å². The van der Waals surface area contributed by atoms with Crippen LogP contribution in [0.5, 0.6) is 0 Å². The third kappa shape index (κ3) is 5.50. The van der Waals surface area contributed by atoms with Crippen molar-refractivity contribution in [3.05, 3.63) is 0 Å². The zero-order valence-corrected chi connectivity index (χ0v) is 6.05. The van der Waals surface area contributed by atoms with Crippen LogP contribution in [0.3, 0.4) is 0 Å². The van der Waals surface area contributed by atoms with Crippen molar-refractivity contribution in [2.24, 2.45) is 5.92 Å². The van der Waals surface area contributed by atoms with Crippen LogP contribution < -0.4 is 0 Å². The molecule has 0 bridgehead atoms. The lowest BCUT2D eigenvalue weighted by Gasteiger charge is -1.75. The van der Waals surface area contributed by atoms with Crippen molar-refractivity contribution in [1.29, 1.82) is 0 Å². The molecule has 1 aliphatic carbocycles. The van der Waals surface area contributed by atoms with E-state index >= 15 is 0 Å². The van der Waals surface area contributed by atoms with Crippen LogP contribution in [0.15, 0.2) is 0 Å². The molecule has 0 saturated heterocycles. The summed E-state index contributed by atoms with van der Waals surface area (Å²) in [6.07, 6.45) is 2.30. The molecule has 54 valence electrons. The van der Waals surface area contributed by atoms with E-state index in [1.807, 2.05) is 0 Å². The lowest BCUT2D eigenvalue weighted by atomic mass is 10.3.